The monoisotopic (exact) mass is 515 g/mol. The summed E-state index contributed by atoms with van der Waals surface area (Å²) in [6.45, 7) is 16.0. The Hall–Kier alpha value is -2.61. The van der Waals surface area contributed by atoms with Crippen molar-refractivity contribution < 1.29 is 23.9 Å². The highest BCUT2D eigenvalue weighted by atomic mass is 16.6. The lowest BCUT2D eigenvalue weighted by atomic mass is 9.87. The van der Waals surface area contributed by atoms with E-state index in [1.807, 2.05) is 49.9 Å². The number of hydrogen-bond acceptors (Lipinski definition) is 6. The van der Waals surface area contributed by atoms with Crippen LogP contribution in [0.15, 0.2) is 24.3 Å². The third-order valence-corrected chi connectivity index (χ3v) is 6.46. The number of ether oxygens (including phenoxy) is 2. The van der Waals surface area contributed by atoms with Crippen LogP contribution in [0.4, 0.5) is 4.79 Å². The van der Waals surface area contributed by atoms with E-state index in [1.54, 1.807) is 0 Å². The molecule has 8 heteroatoms. The van der Waals surface area contributed by atoms with Crippen LogP contribution in [0.5, 0.6) is 5.75 Å². The van der Waals surface area contributed by atoms with Gasteiger partial charge in [-0.3, -0.25) is 14.5 Å². The average molecular weight is 516 g/mol. The van der Waals surface area contributed by atoms with Gasteiger partial charge < -0.3 is 19.7 Å². The van der Waals surface area contributed by atoms with Gasteiger partial charge in [0.25, 0.3) is 0 Å². The number of benzene rings is 1. The maximum Gasteiger partial charge on any atom is 0.408 e. The van der Waals surface area contributed by atoms with Crippen LogP contribution in [0, 0.1) is 11.3 Å². The maximum atomic E-state index is 13.3. The summed E-state index contributed by atoms with van der Waals surface area (Å²) >= 11 is 0. The fourth-order valence-corrected chi connectivity index (χ4v) is 4.45. The van der Waals surface area contributed by atoms with Crippen molar-refractivity contribution in [1.82, 2.24) is 15.1 Å². The molecule has 2 amide bonds. The molecule has 206 valence electrons. The molecule has 1 N–H and O–H groups in total. The second-order valence-corrected chi connectivity index (χ2v) is 12.5. The number of carbonyl (C=O) groups is 3. The number of rotatable bonds is 10. The fourth-order valence-electron chi connectivity index (χ4n) is 4.45. The van der Waals surface area contributed by atoms with Crippen LogP contribution >= 0.6 is 0 Å². The molecular weight excluding hydrogens is 470 g/mol. The summed E-state index contributed by atoms with van der Waals surface area (Å²) in [7, 11) is 0. The van der Waals surface area contributed by atoms with E-state index in [0.29, 0.717) is 26.1 Å². The molecule has 1 aromatic carbocycles. The number of piperazine rings is 1. The Labute approximate surface area is 222 Å². The predicted molar refractivity (Wildman–Crippen MR) is 144 cm³/mol. The van der Waals surface area contributed by atoms with E-state index in [1.165, 1.54) is 0 Å². The first-order valence-electron chi connectivity index (χ1n) is 13.6. The highest BCUT2D eigenvalue weighted by Crippen LogP contribution is 2.33. The summed E-state index contributed by atoms with van der Waals surface area (Å²) in [5, 5.41) is 2.81. The van der Waals surface area contributed by atoms with Crippen LogP contribution < -0.4 is 10.1 Å². The van der Waals surface area contributed by atoms with E-state index in [4.69, 9.17) is 9.47 Å². The molecule has 2 aliphatic rings. The fraction of sp³-hybridized carbons (Fsp3) is 0.690. The van der Waals surface area contributed by atoms with Crippen molar-refractivity contribution in [1.29, 1.82) is 0 Å². The molecule has 1 aromatic rings. The van der Waals surface area contributed by atoms with Crippen LogP contribution in [-0.2, 0) is 9.53 Å². The number of amides is 2. The molecule has 37 heavy (non-hydrogen) atoms. The van der Waals surface area contributed by atoms with Gasteiger partial charge in [0.1, 0.15) is 17.4 Å². The first kappa shape index (κ1) is 29.0. The van der Waals surface area contributed by atoms with Gasteiger partial charge in [0.15, 0.2) is 5.78 Å². The lowest BCUT2D eigenvalue weighted by Gasteiger charge is -2.37. The molecule has 0 bridgehead atoms. The van der Waals surface area contributed by atoms with Gasteiger partial charge in [-0.05, 0) is 76.1 Å². The number of nitrogens with zero attached hydrogens (tertiary/aromatic N) is 2. The van der Waals surface area contributed by atoms with Gasteiger partial charge in [-0.1, -0.05) is 20.8 Å². The molecule has 1 aliphatic heterocycles. The molecule has 1 atom stereocenters. The lowest BCUT2D eigenvalue weighted by Crippen LogP contribution is -2.56. The second kappa shape index (κ2) is 12.3. The number of alkyl carbamates (subject to hydrolysis) is 1. The van der Waals surface area contributed by atoms with E-state index in [9.17, 15) is 14.4 Å². The van der Waals surface area contributed by atoms with Gasteiger partial charge in [0, 0.05) is 44.2 Å². The van der Waals surface area contributed by atoms with Crippen molar-refractivity contribution in [3.05, 3.63) is 29.8 Å². The van der Waals surface area contributed by atoms with Crippen molar-refractivity contribution in [2.75, 3.05) is 39.3 Å². The van der Waals surface area contributed by atoms with Crippen molar-refractivity contribution in [3.63, 3.8) is 0 Å². The van der Waals surface area contributed by atoms with E-state index >= 15 is 0 Å². The smallest absolute Gasteiger partial charge is 0.408 e. The van der Waals surface area contributed by atoms with E-state index in [0.717, 1.165) is 50.2 Å². The Balaban J connectivity index is 1.39. The average Bonchev–Trinajstić information content (AvgIpc) is 3.65. The standard InChI is InChI=1S/C29H45N3O5/c1-28(2,3)20-24(30-27(35)37-29(4,5)6)26(34)32-17-15-31(16-18-32)14-7-19-36-23-12-10-22(11-13-23)25(33)21-8-9-21/h10-13,21,24H,7-9,14-20H2,1-6H3,(H,30,35)/t24-/m1/s1. The Kier molecular flexibility index (Phi) is 9.62. The highest BCUT2D eigenvalue weighted by molar-refractivity contribution is 5.99. The summed E-state index contributed by atoms with van der Waals surface area (Å²) in [5.41, 5.74) is 0.0330. The third kappa shape index (κ3) is 9.99. The van der Waals surface area contributed by atoms with Crippen LogP contribution in [0.25, 0.3) is 0 Å². The molecule has 8 nitrogen and oxygen atoms in total. The highest BCUT2D eigenvalue weighted by Gasteiger charge is 2.33. The number of nitrogens with one attached hydrogen (secondary N) is 1. The third-order valence-electron chi connectivity index (χ3n) is 6.46. The molecule has 1 saturated heterocycles. The van der Waals surface area contributed by atoms with Gasteiger partial charge in [-0.15, -0.1) is 0 Å². The quantitative estimate of drug-likeness (QED) is 0.364. The van der Waals surface area contributed by atoms with Crippen LogP contribution in [0.1, 0.15) is 77.6 Å². The molecule has 1 heterocycles. The van der Waals surface area contributed by atoms with Crippen molar-refractivity contribution >= 4 is 17.8 Å². The first-order valence-corrected chi connectivity index (χ1v) is 13.6. The molecular formula is C29H45N3O5. The number of hydrogen-bond donors (Lipinski definition) is 1. The van der Waals surface area contributed by atoms with Crippen molar-refractivity contribution in [2.45, 2.75) is 78.9 Å². The minimum absolute atomic E-state index is 0.0487. The summed E-state index contributed by atoms with van der Waals surface area (Å²) in [6, 6.07) is 6.85. The van der Waals surface area contributed by atoms with Gasteiger partial charge in [-0.2, -0.15) is 0 Å². The normalized spacial score (nSPS) is 17.7. The summed E-state index contributed by atoms with van der Waals surface area (Å²) in [6.07, 6.45) is 2.89. The van der Waals surface area contributed by atoms with Crippen molar-refractivity contribution in [3.8, 4) is 5.75 Å². The Bertz CT molecular complexity index is 920. The SMILES string of the molecule is CC(C)(C)C[C@@H](NC(=O)OC(C)(C)C)C(=O)N1CCN(CCCOc2ccc(C(=O)C3CC3)cc2)CC1. The van der Waals surface area contributed by atoms with Gasteiger partial charge in [0.2, 0.25) is 5.91 Å². The Morgan fingerprint density at radius 1 is 0.973 bits per heavy atom. The molecule has 0 unspecified atom stereocenters. The largest absolute Gasteiger partial charge is 0.494 e. The number of Topliss-reactive ketones (excluding diaryl/α,β-unsaturated/α-hetero) is 1. The minimum atomic E-state index is -0.618. The van der Waals surface area contributed by atoms with E-state index < -0.39 is 17.7 Å². The number of ketones is 1. The lowest BCUT2D eigenvalue weighted by molar-refractivity contribution is -0.136. The summed E-state index contributed by atoms with van der Waals surface area (Å²) in [4.78, 5) is 42.0. The zero-order valence-electron chi connectivity index (χ0n) is 23.5. The van der Waals surface area contributed by atoms with Gasteiger partial charge >= 0.3 is 6.09 Å². The van der Waals surface area contributed by atoms with E-state index in [2.05, 4.69) is 31.0 Å². The minimum Gasteiger partial charge on any atom is -0.494 e. The number of carbonyl (C=O) groups excluding carboxylic acids is 3. The van der Waals surface area contributed by atoms with Gasteiger partial charge in [-0.25, -0.2) is 4.79 Å². The Morgan fingerprint density at radius 2 is 1.59 bits per heavy atom. The second-order valence-electron chi connectivity index (χ2n) is 12.5. The summed E-state index contributed by atoms with van der Waals surface area (Å²) in [5.74, 6) is 1.21. The van der Waals surface area contributed by atoms with Crippen LogP contribution in [0.2, 0.25) is 0 Å². The topological polar surface area (TPSA) is 88.2 Å². The molecule has 0 aromatic heterocycles. The zero-order chi connectivity index (χ0) is 27.2. The molecule has 1 saturated carbocycles. The van der Waals surface area contributed by atoms with Gasteiger partial charge in [0.05, 0.1) is 6.61 Å². The van der Waals surface area contributed by atoms with Crippen LogP contribution in [-0.4, -0.2) is 78.6 Å². The van der Waals surface area contributed by atoms with E-state index in [-0.39, 0.29) is 23.0 Å². The summed E-state index contributed by atoms with van der Waals surface area (Å²) < 4.78 is 11.3. The molecule has 0 spiro atoms. The molecule has 1 aliphatic carbocycles. The van der Waals surface area contributed by atoms with Crippen LogP contribution in [0.3, 0.4) is 0 Å². The predicted octanol–water partition coefficient (Wildman–Crippen LogP) is 4.52. The maximum absolute atomic E-state index is 13.3. The molecule has 0 radical (unpaired) electrons. The molecule has 2 fully saturated rings. The Morgan fingerprint density at radius 3 is 2.14 bits per heavy atom. The zero-order valence-corrected chi connectivity index (χ0v) is 23.5. The van der Waals surface area contributed by atoms with Crippen molar-refractivity contribution in [2.24, 2.45) is 11.3 Å². The molecule has 3 rings (SSSR count). The first-order chi connectivity index (χ1) is 17.3.